The minimum Gasteiger partial charge on any atom is -0.319 e. The van der Waals surface area contributed by atoms with Gasteiger partial charge in [-0.1, -0.05) is 0 Å². The number of rotatable bonds is 5. The van der Waals surface area contributed by atoms with Gasteiger partial charge in [0.15, 0.2) is 0 Å². The Labute approximate surface area is 83.9 Å². The molecule has 4 heteroatoms. The summed E-state index contributed by atoms with van der Waals surface area (Å²) in [5.74, 6) is 0. The first-order valence-corrected chi connectivity index (χ1v) is 4.75. The number of likely N-dealkylation sites (N-methyl/N-ethyl adjacent to an activating group) is 1. The fourth-order valence-electron chi connectivity index (χ4n) is 1.15. The number of nitrogens with zero attached hydrogens (tertiary/aromatic N) is 1. The summed E-state index contributed by atoms with van der Waals surface area (Å²) >= 11 is 0. The Morgan fingerprint density at radius 3 is 2.86 bits per heavy atom. The molecular formula is C10H17N3O. The van der Waals surface area contributed by atoms with E-state index in [0.717, 1.165) is 25.2 Å². The van der Waals surface area contributed by atoms with E-state index in [0.29, 0.717) is 0 Å². The van der Waals surface area contributed by atoms with Crippen LogP contribution in [0.1, 0.15) is 5.56 Å². The van der Waals surface area contributed by atoms with Crippen LogP contribution in [0.25, 0.3) is 0 Å². The zero-order valence-electron chi connectivity index (χ0n) is 8.71. The maximum absolute atomic E-state index is 11.3. The van der Waals surface area contributed by atoms with Crippen LogP contribution in [0.4, 0.5) is 0 Å². The van der Waals surface area contributed by atoms with Gasteiger partial charge in [0.25, 0.3) is 5.56 Å². The number of hydrogen-bond donors (Lipinski definition) is 2. The summed E-state index contributed by atoms with van der Waals surface area (Å²) in [6.07, 6.45) is 1.79. The third kappa shape index (κ3) is 3.32. The second kappa shape index (κ2) is 5.57. The monoisotopic (exact) mass is 195 g/mol. The number of aromatic nitrogens is 1. The van der Waals surface area contributed by atoms with E-state index < -0.39 is 0 Å². The SMILES string of the molecule is CNCCNCc1ccn(C)c(=O)c1. The Morgan fingerprint density at radius 2 is 2.21 bits per heavy atom. The van der Waals surface area contributed by atoms with Gasteiger partial charge in [-0.2, -0.15) is 0 Å². The van der Waals surface area contributed by atoms with E-state index in [4.69, 9.17) is 0 Å². The molecule has 0 radical (unpaired) electrons. The first-order valence-electron chi connectivity index (χ1n) is 4.75. The van der Waals surface area contributed by atoms with Crippen molar-refractivity contribution < 1.29 is 0 Å². The molecule has 2 N–H and O–H groups in total. The van der Waals surface area contributed by atoms with Gasteiger partial charge in [0.2, 0.25) is 0 Å². The summed E-state index contributed by atoms with van der Waals surface area (Å²) in [5.41, 5.74) is 1.07. The maximum Gasteiger partial charge on any atom is 0.250 e. The Morgan fingerprint density at radius 1 is 1.43 bits per heavy atom. The summed E-state index contributed by atoms with van der Waals surface area (Å²) in [6, 6.07) is 3.61. The topological polar surface area (TPSA) is 46.1 Å². The molecule has 0 bridgehead atoms. The molecule has 78 valence electrons. The van der Waals surface area contributed by atoms with Crippen LogP contribution >= 0.6 is 0 Å². The highest BCUT2D eigenvalue weighted by Crippen LogP contribution is 1.92. The average Bonchev–Trinajstić information content (AvgIpc) is 2.18. The first-order chi connectivity index (χ1) is 6.74. The van der Waals surface area contributed by atoms with Crippen molar-refractivity contribution in [2.24, 2.45) is 7.05 Å². The van der Waals surface area contributed by atoms with Crippen LogP contribution in [0, 0.1) is 0 Å². The molecule has 14 heavy (non-hydrogen) atoms. The fourth-order valence-corrected chi connectivity index (χ4v) is 1.15. The number of pyridine rings is 1. The van der Waals surface area contributed by atoms with Gasteiger partial charge < -0.3 is 15.2 Å². The number of aryl methyl sites for hydroxylation is 1. The fraction of sp³-hybridized carbons (Fsp3) is 0.500. The van der Waals surface area contributed by atoms with Gasteiger partial charge in [-0.15, -0.1) is 0 Å². The van der Waals surface area contributed by atoms with Crippen molar-refractivity contribution in [3.8, 4) is 0 Å². The highest BCUT2D eigenvalue weighted by molar-refractivity contribution is 5.10. The van der Waals surface area contributed by atoms with Crippen molar-refractivity contribution in [1.82, 2.24) is 15.2 Å². The van der Waals surface area contributed by atoms with Crippen LogP contribution < -0.4 is 16.2 Å². The van der Waals surface area contributed by atoms with Crippen molar-refractivity contribution in [2.45, 2.75) is 6.54 Å². The van der Waals surface area contributed by atoms with E-state index in [1.54, 1.807) is 23.9 Å². The van der Waals surface area contributed by atoms with E-state index >= 15 is 0 Å². The van der Waals surface area contributed by atoms with E-state index in [-0.39, 0.29) is 5.56 Å². The van der Waals surface area contributed by atoms with Crippen LogP contribution in [0.15, 0.2) is 23.1 Å². The van der Waals surface area contributed by atoms with Gasteiger partial charge in [-0.3, -0.25) is 4.79 Å². The molecule has 0 unspecified atom stereocenters. The van der Waals surface area contributed by atoms with Crippen molar-refractivity contribution in [1.29, 1.82) is 0 Å². The van der Waals surface area contributed by atoms with Gasteiger partial charge in [0.1, 0.15) is 0 Å². The highest BCUT2D eigenvalue weighted by Gasteiger charge is 1.94. The zero-order valence-corrected chi connectivity index (χ0v) is 8.71. The van der Waals surface area contributed by atoms with Crippen LogP contribution in [-0.2, 0) is 13.6 Å². The normalized spacial score (nSPS) is 10.4. The maximum atomic E-state index is 11.3. The predicted octanol–water partition coefficient (Wildman–Crippen LogP) is -0.306. The van der Waals surface area contributed by atoms with Gasteiger partial charge in [0, 0.05) is 38.9 Å². The van der Waals surface area contributed by atoms with Gasteiger partial charge in [-0.25, -0.2) is 0 Å². The van der Waals surface area contributed by atoms with E-state index in [1.165, 1.54) is 0 Å². The lowest BCUT2D eigenvalue weighted by Crippen LogP contribution is -2.25. The summed E-state index contributed by atoms with van der Waals surface area (Å²) in [6.45, 7) is 2.59. The third-order valence-corrected chi connectivity index (χ3v) is 2.05. The molecule has 4 nitrogen and oxygen atoms in total. The zero-order chi connectivity index (χ0) is 10.4. The Kier molecular flexibility index (Phi) is 4.35. The summed E-state index contributed by atoms with van der Waals surface area (Å²) in [5, 5.41) is 6.28. The van der Waals surface area contributed by atoms with Crippen LogP contribution in [0.5, 0.6) is 0 Å². The highest BCUT2D eigenvalue weighted by atomic mass is 16.1. The third-order valence-electron chi connectivity index (χ3n) is 2.05. The van der Waals surface area contributed by atoms with Crippen molar-refractivity contribution in [3.05, 3.63) is 34.2 Å². The lowest BCUT2D eigenvalue weighted by molar-refractivity contribution is 0.648. The molecule has 0 aliphatic carbocycles. The lowest BCUT2D eigenvalue weighted by atomic mass is 10.2. The predicted molar refractivity (Wildman–Crippen MR) is 57.3 cm³/mol. The molecule has 1 rings (SSSR count). The summed E-state index contributed by atoms with van der Waals surface area (Å²) in [7, 11) is 3.67. The number of nitrogens with one attached hydrogen (secondary N) is 2. The molecular weight excluding hydrogens is 178 g/mol. The molecule has 0 saturated heterocycles. The molecule has 0 aliphatic rings. The van der Waals surface area contributed by atoms with Crippen molar-refractivity contribution in [3.63, 3.8) is 0 Å². The van der Waals surface area contributed by atoms with Gasteiger partial charge >= 0.3 is 0 Å². The Hall–Kier alpha value is -1.13. The molecule has 0 atom stereocenters. The first kappa shape index (κ1) is 10.9. The molecule has 1 aromatic heterocycles. The van der Waals surface area contributed by atoms with E-state index in [1.807, 2.05) is 13.1 Å². The lowest BCUT2D eigenvalue weighted by Gasteiger charge is -2.04. The molecule has 0 fully saturated rings. The second-order valence-corrected chi connectivity index (χ2v) is 3.26. The smallest absolute Gasteiger partial charge is 0.250 e. The quantitative estimate of drug-likeness (QED) is 0.634. The Bertz CT molecular complexity index is 332. The van der Waals surface area contributed by atoms with Gasteiger partial charge in [-0.05, 0) is 18.7 Å². The largest absolute Gasteiger partial charge is 0.319 e. The molecule has 0 aliphatic heterocycles. The molecule has 1 aromatic rings. The summed E-state index contributed by atoms with van der Waals surface area (Å²) in [4.78, 5) is 11.3. The Balaban J connectivity index is 2.44. The summed E-state index contributed by atoms with van der Waals surface area (Å²) < 4.78 is 1.57. The molecule has 0 amide bonds. The van der Waals surface area contributed by atoms with E-state index in [2.05, 4.69) is 10.6 Å². The molecule has 1 heterocycles. The van der Waals surface area contributed by atoms with Crippen LogP contribution in [-0.4, -0.2) is 24.7 Å². The molecule has 0 spiro atoms. The van der Waals surface area contributed by atoms with Gasteiger partial charge in [0.05, 0.1) is 0 Å². The molecule has 0 saturated carbocycles. The molecule has 0 aromatic carbocycles. The minimum absolute atomic E-state index is 0.0397. The van der Waals surface area contributed by atoms with Crippen LogP contribution in [0.3, 0.4) is 0 Å². The van der Waals surface area contributed by atoms with Crippen molar-refractivity contribution in [2.75, 3.05) is 20.1 Å². The van der Waals surface area contributed by atoms with Crippen LogP contribution in [0.2, 0.25) is 0 Å². The standard InChI is InChI=1S/C10H17N3O/c1-11-4-5-12-8-9-3-6-13(2)10(14)7-9/h3,6-7,11-12H,4-5,8H2,1-2H3. The minimum atomic E-state index is 0.0397. The second-order valence-electron chi connectivity index (χ2n) is 3.26. The van der Waals surface area contributed by atoms with Crippen molar-refractivity contribution >= 4 is 0 Å². The van der Waals surface area contributed by atoms with E-state index in [9.17, 15) is 4.79 Å². The average molecular weight is 195 g/mol. The number of hydrogen-bond acceptors (Lipinski definition) is 3.